The molecule has 1 N–H and O–H groups in total. The Labute approximate surface area is 128 Å². The van der Waals surface area contributed by atoms with Gasteiger partial charge in [0.2, 0.25) is 0 Å². The molecule has 104 valence electrons. The third-order valence-corrected chi connectivity index (χ3v) is 4.63. The summed E-state index contributed by atoms with van der Waals surface area (Å²) in [5.74, 6) is 0.916. The second-order valence-corrected chi connectivity index (χ2v) is 6.05. The quantitative estimate of drug-likeness (QED) is 0.898. The monoisotopic (exact) mass is 331 g/mol. The number of aryl methyl sites for hydroxylation is 1. The largest absolute Gasteiger partial charge is 0.497 e. The van der Waals surface area contributed by atoms with Crippen molar-refractivity contribution in [3.8, 4) is 5.75 Å². The van der Waals surface area contributed by atoms with Crippen LogP contribution in [-0.2, 0) is 12.8 Å². The molecule has 0 aromatic heterocycles. The van der Waals surface area contributed by atoms with Gasteiger partial charge in [-0.25, -0.2) is 0 Å². The molecule has 1 aliphatic rings. The molecule has 0 amide bonds. The fourth-order valence-electron chi connectivity index (χ4n) is 2.75. The molecule has 0 saturated carbocycles. The van der Waals surface area contributed by atoms with E-state index in [-0.39, 0.29) is 0 Å². The SMILES string of the molecule is COc1ccc(Br)c(CC2CCc3ccccc3N2)c1. The molecule has 1 aliphatic heterocycles. The summed E-state index contributed by atoms with van der Waals surface area (Å²) in [5, 5.41) is 3.65. The predicted molar refractivity (Wildman–Crippen MR) is 86.6 cm³/mol. The van der Waals surface area contributed by atoms with E-state index < -0.39 is 0 Å². The average Bonchev–Trinajstić information content (AvgIpc) is 2.49. The summed E-state index contributed by atoms with van der Waals surface area (Å²) in [6.45, 7) is 0. The normalized spacial score (nSPS) is 17.2. The van der Waals surface area contributed by atoms with Crippen molar-refractivity contribution < 1.29 is 4.74 Å². The van der Waals surface area contributed by atoms with Gasteiger partial charge >= 0.3 is 0 Å². The third kappa shape index (κ3) is 2.83. The van der Waals surface area contributed by atoms with Gasteiger partial charge in [-0.3, -0.25) is 0 Å². The molecule has 3 rings (SSSR count). The highest BCUT2D eigenvalue weighted by atomic mass is 79.9. The van der Waals surface area contributed by atoms with Gasteiger partial charge in [-0.1, -0.05) is 34.1 Å². The summed E-state index contributed by atoms with van der Waals surface area (Å²) in [6.07, 6.45) is 3.32. The van der Waals surface area contributed by atoms with Crippen LogP contribution in [-0.4, -0.2) is 13.2 Å². The van der Waals surface area contributed by atoms with Crippen molar-refractivity contribution in [1.82, 2.24) is 0 Å². The van der Waals surface area contributed by atoms with Crippen LogP contribution in [0.3, 0.4) is 0 Å². The van der Waals surface area contributed by atoms with Crippen molar-refractivity contribution in [3.63, 3.8) is 0 Å². The van der Waals surface area contributed by atoms with Crippen molar-refractivity contribution in [1.29, 1.82) is 0 Å². The molecular formula is C17H18BrNO. The smallest absolute Gasteiger partial charge is 0.119 e. The highest BCUT2D eigenvalue weighted by molar-refractivity contribution is 9.10. The lowest BCUT2D eigenvalue weighted by atomic mass is 9.94. The second-order valence-electron chi connectivity index (χ2n) is 5.20. The molecule has 3 heteroatoms. The zero-order valence-electron chi connectivity index (χ0n) is 11.5. The van der Waals surface area contributed by atoms with Crippen molar-refractivity contribution >= 4 is 21.6 Å². The minimum Gasteiger partial charge on any atom is -0.497 e. The summed E-state index contributed by atoms with van der Waals surface area (Å²) in [6, 6.07) is 15.2. The first-order valence-corrected chi connectivity index (χ1v) is 7.72. The lowest BCUT2D eigenvalue weighted by Gasteiger charge is -2.27. The zero-order chi connectivity index (χ0) is 13.9. The number of fused-ring (bicyclic) bond motifs is 1. The molecule has 0 fully saturated rings. The number of benzene rings is 2. The number of rotatable bonds is 3. The maximum Gasteiger partial charge on any atom is 0.119 e. The van der Waals surface area contributed by atoms with Gasteiger partial charge in [0.1, 0.15) is 5.75 Å². The maximum absolute atomic E-state index is 5.31. The van der Waals surface area contributed by atoms with Gasteiger partial charge in [-0.2, -0.15) is 0 Å². The summed E-state index contributed by atoms with van der Waals surface area (Å²) in [4.78, 5) is 0. The predicted octanol–water partition coefficient (Wildman–Crippen LogP) is 4.43. The molecule has 1 heterocycles. The van der Waals surface area contributed by atoms with Crippen molar-refractivity contribution in [3.05, 3.63) is 58.1 Å². The first-order chi connectivity index (χ1) is 9.76. The standard InChI is InChI=1S/C17H18BrNO/c1-20-15-8-9-16(18)13(11-15)10-14-7-6-12-4-2-3-5-17(12)19-14/h2-5,8-9,11,14,19H,6-7,10H2,1H3. The molecule has 0 aliphatic carbocycles. The van der Waals surface area contributed by atoms with Crippen molar-refractivity contribution in [2.45, 2.75) is 25.3 Å². The van der Waals surface area contributed by atoms with Crippen LogP contribution >= 0.6 is 15.9 Å². The first kappa shape index (κ1) is 13.5. The third-order valence-electron chi connectivity index (χ3n) is 3.86. The van der Waals surface area contributed by atoms with Crippen LogP contribution in [0.4, 0.5) is 5.69 Å². The molecular weight excluding hydrogens is 314 g/mol. The van der Waals surface area contributed by atoms with Crippen LogP contribution in [0.5, 0.6) is 5.75 Å². The minimum absolute atomic E-state index is 0.480. The van der Waals surface area contributed by atoms with Gasteiger partial charge in [0.15, 0.2) is 0 Å². The van der Waals surface area contributed by atoms with Gasteiger partial charge in [0.05, 0.1) is 7.11 Å². The summed E-state index contributed by atoms with van der Waals surface area (Å²) >= 11 is 3.63. The van der Waals surface area contributed by atoms with E-state index in [2.05, 4.69) is 57.6 Å². The minimum atomic E-state index is 0.480. The number of halogens is 1. The Morgan fingerprint density at radius 3 is 2.95 bits per heavy atom. The van der Waals surface area contributed by atoms with Crippen LogP contribution in [0, 0.1) is 0 Å². The number of nitrogens with one attached hydrogen (secondary N) is 1. The number of anilines is 1. The Hall–Kier alpha value is -1.48. The molecule has 20 heavy (non-hydrogen) atoms. The molecule has 2 aromatic rings. The van der Waals surface area contributed by atoms with Crippen LogP contribution < -0.4 is 10.1 Å². The van der Waals surface area contributed by atoms with Gasteiger partial charge in [0.25, 0.3) is 0 Å². The Balaban J connectivity index is 1.76. The van der Waals surface area contributed by atoms with E-state index in [4.69, 9.17) is 4.74 Å². The Bertz CT molecular complexity index is 612. The van der Waals surface area contributed by atoms with Gasteiger partial charge < -0.3 is 10.1 Å². The molecule has 0 bridgehead atoms. The number of para-hydroxylation sites is 1. The van der Waals surface area contributed by atoms with E-state index in [1.165, 1.54) is 23.2 Å². The van der Waals surface area contributed by atoms with Crippen molar-refractivity contribution in [2.24, 2.45) is 0 Å². The fraction of sp³-hybridized carbons (Fsp3) is 0.294. The van der Waals surface area contributed by atoms with E-state index >= 15 is 0 Å². The van der Waals surface area contributed by atoms with Crippen molar-refractivity contribution in [2.75, 3.05) is 12.4 Å². The van der Waals surface area contributed by atoms with Gasteiger partial charge in [-0.15, -0.1) is 0 Å². The lowest BCUT2D eigenvalue weighted by Crippen LogP contribution is -2.27. The lowest BCUT2D eigenvalue weighted by molar-refractivity contribution is 0.414. The summed E-state index contributed by atoms with van der Waals surface area (Å²) < 4.78 is 6.47. The Kier molecular flexibility index (Phi) is 3.97. The highest BCUT2D eigenvalue weighted by Gasteiger charge is 2.18. The van der Waals surface area contributed by atoms with E-state index in [1.54, 1.807) is 7.11 Å². The van der Waals surface area contributed by atoms with Crippen LogP contribution in [0.2, 0.25) is 0 Å². The van der Waals surface area contributed by atoms with Crippen LogP contribution in [0.1, 0.15) is 17.5 Å². The first-order valence-electron chi connectivity index (χ1n) is 6.93. The molecule has 0 radical (unpaired) electrons. The van der Waals surface area contributed by atoms with Crippen LogP contribution in [0.25, 0.3) is 0 Å². The van der Waals surface area contributed by atoms with E-state index in [0.717, 1.165) is 23.1 Å². The summed E-state index contributed by atoms with van der Waals surface area (Å²) in [7, 11) is 1.71. The van der Waals surface area contributed by atoms with E-state index in [1.807, 2.05) is 6.07 Å². The summed E-state index contributed by atoms with van der Waals surface area (Å²) in [5.41, 5.74) is 4.00. The molecule has 0 spiro atoms. The molecule has 0 saturated heterocycles. The Morgan fingerprint density at radius 1 is 1.25 bits per heavy atom. The van der Waals surface area contributed by atoms with E-state index in [0.29, 0.717) is 6.04 Å². The molecule has 1 atom stereocenters. The molecule has 2 nitrogen and oxygen atoms in total. The fourth-order valence-corrected chi connectivity index (χ4v) is 3.16. The molecule has 1 unspecified atom stereocenters. The zero-order valence-corrected chi connectivity index (χ0v) is 13.1. The topological polar surface area (TPSA) is 21.3 Å². The number of ether oxygens (including phenoxy) is 1. The average molecular weight is 332 g/mol. The highest BCUT2D eigenvalue weighted by Crippen LogP contribution is 2.29. The van der Waals surface area contributed by atoms with Crippen LogP contribution in [0.15, 0.2) is 46.9 Å². The second kappa shape index (κ2) is 5.88. The number of methoxy groups -OCH3 is 1. The Morgan fingerprint density at radius 2 is 2.10 bits per heavy atom. The maximum atomic E-state index is 5.31. The van der Waals surface area contributed by atoms with Gasteiger partial charge in [0, 0.05) is 16.2 Å². The van der Waals surface area contributed by atoms with E-state index in [9.17, 15) is 0 Å². The molecule has 2 aromatic carbocycles. The van der Waals surface area contributed by atoms with Gasteiger partial charge in [-0.05, 0) is 54.7 Å². The number of hydrogen-bond donors (Lipinski definition) is 1. The number of hydrogen-bond acceptors (Lipinski definition) is 2.